The average molecular weight is 305 g/mol. The molecule has 2 aromatic rings. The van der Waals surface area contributed by atoms with E-state index in [0.29, 0.717) is 28.6 Å². The largest absolute Gasteiger partial charge is 0.465 e. The first-order valence-corrected chi connectivity index (χ1v) is 7.15. The lowest BCUT2D eigenvalue weighted by atomic mass is 10.1. The van der Waals surface area contributed by atoms with Crippen molar-refractivity contribution >= 4 is 29.2 Å². The third-order valence-corrected chi connectivity index (χ3v) is 3.94. The van der Waals surface area contributed by atoms with E-state index in [1.807, 2.05) is 0 Å². The molecule has 0 amide bonds. The summed E-state index contributed by atoms with van der Waals surface area (Å²) >= 11 is 5.24. The highest BCUT2D eigenvalue weighted by atomic mass is 32.1. The number of nitrogens with one attached hydrogen (secondary N) is 1. The van der Waals surface area contributed by atoms with Crippen molar-refractivity contribution in [3.8, 4) is 0 Å². The van der Waals surface area contributed by atoms with Crippen LogP contribution in [0.25, 0.3) is 11.0 Å². The van der Waals surface area contributed by atoms with Crippen molar-refractivity contribution in [2.75, 3.05) is 7.11 Å². The van der Waals surface area contributed by atoms with Crippen LogP contribution in [0.15, 0.2) is 10.9 Å². The van der Waals surface area contributed by atoms with Crippen molar-refractivity contribution in [1.29, 1.82) is 0 Å². The number of aromatic nitrogens is 3. The lowest BCUT2D eigenvalue weighted by Crippen LogP contribution is -2.25. The fraction of sp³-hybridized carbons (Fsp3) is 0.429. The molecule has 1 fully saturated rings. The summed E-state index contributed by atoms with van der Waals surface area (Å²) in [5.74, 6) is -0.0543. The maximum absolute atomic E-state index is 12.7. The van der Waals surface area contributed by atoms with Gasteiger partial charge in [-0.2, -0.15) is 0 Å². The average Bonchev–Trinajstić information content (AvgIpc) is 3.25. The van der Waals surface area contributed by atoms with E-state index < -0.39 is 5.97 Å². The summed E-state index contributed by atoms with van der Waals surface area (Å²) in [5, 5.41) is 0.238. The van der Waals surface area contributed by atoms with Gasteiger partial charge in [-0.25, -0.2) is 9.78 Å². The molecule has 21 heavy (non-hydrogen) atoms. The Labute approximate surface area is 125 Å². The molecule has 2 aromatic heterocycles. The molecule has 0 saturated heterocycles. The van der Waals surface area contributed by atoms with Crippen molar-refractivity contribution in [3.63, 3.8) is 0 Å². The molecule has 0 unspecified atom stereocenters. The van der Waals surface area contributed by atoms with Gasteiger partial charge in [-0.1, -0.05) is 0 Å². The van der Waals surface area contributed by atoms with Gasteiger partial charge in [0.25, 0.3) is 5.56 Å². The summed E-state index contributed by atoms with van der Waals surface area (Å²) in [5.41, 5.74) is 0.889. The zero-order valence-electron chi connectivity index (χ0n) is 11.8. The molecule has 1 saturated carbocycles. The molecule has 0 spiro atoms. The van der Waals surface area contributed by atoms with Crippen molar-refractivity contribution in [3.05, 3.63) is 32.4 Å². The lowest BCUT2D eigenvalue weighted by Gasteiger charge is -2.10. The van der Waals surface area contributed by atoms with Gasteiger partial charge in [-0.3, -0.25) is 9.36 Å². The summed E-state index contributed by atoms with van der Waals surface area (Å²) in [4.78, 5) is 31.8. The van der Waals surface area contributed by atoms with E-state index in [0.717, 1.165) is 12.8 Å². The summed E-state index contributed by atoms with van der Waals surface area (Å²) < 4.78 is 6.62. The van der Waals surface area contributed by atoms with Crippen LogP contribution in [-0.4, -0.2) is 27.6 Å². The van der Waals surface area contributed by atoms with E-state index in [9.17, 15) is 9.59 Å². The number of aryl methyl sites for hydroxylation is 1. The molecule has 0 bridgehead atoms. The Morgan fingerprint density at radius 1 is 1.57 bits per heavy atom. The Bertz CT molecular complexity index is 849. The second kappa shape index (κ2) is 5.07. The Hall–Kier alpha value is -2.02. The highest BCUT2D eigenvalue weighted by molar-refractivity contribution is 7.71. The number of hydrogen-bond acceptors (Lipinski definition) is 5. The molecule has 3 rings (SSSR count). The van der Waals surface area contributed by atoms with Gasteiger partial charge in [0, 0.05) is 12.2 Å². The minimum absolute atomic E-state index is 0.223. The number of rotatable bonds is 3. The quantitative estimate of drug-likeness (QED) is 0.693. The molecule has 2 heterocycles. The third kappa shape index (κ3) is 2.49. The molecule has 1 aliphatic carbocycles. The molecular weight excluding hydrogens is 290 g/mol. The number of carbonyl (C=O) groups is 1. The first kappa shape index (κ1) is 13.9. The van der Waals surface area contributed by atoms with E-state index in [1.54, 1.807) is 13.0 Å². The van der Waals surface area contributed by atoms with Crippen molar-refractivity contribution < 1.29 is 9.53 Å². The normalized spacial score (nSPS) is 14.4. The topological polar surface area (TPSA) is 77.0 Å². The van der Waals surface area contributed by atoms with E-state index in [1.165, 1.54) is 11.7 Å². The Kier molecular flexibility index (Phi) is 3.36. The molecule has 110 valence electrons. The molecule has 6 nitrogen and oxygen atoms in total. The summed E-state index contributed by atoms with van der Waals surface area (Å²) in [7, 11) is 1.29. The highest BCUT2D eigenvalue weighted by Crippen LogP contribution is 2.30. The van der Waals surface area contributed by atoms with Gasteiger partial charge in [0.15, 0.2) is 4.77 Å². The van der Waals surface area contributed by atoms with Crippen LogP contribution in [0.1, 0.15) is 28.9 Å². The minimum atomic E-state index is -0.550. The highest BCUT2D eigenvalue weighted by Gasteiger charge is 2.24. The Balaban J connectivity index is 2.33. The lowest BCUT2D eigenvalue weighted by molar-refractivity contribution is 0.0602. The molecule has 1 aliphatic rings. The monoisotopic (exact) mass is 305 g/mol. The zero-order chi connectivity index (χ0) is 15.1. The fourth-order valence-corrected chi connectivity index (χ4v) is 2.63. The predicted molar refractivity (Wildman–Crippen MR) is 80.0 cm³/mol. The van der Waals surface area contributed by atoms with E-state index in [2.05, 4.69) is 9.97 Å². The van der Waals surface area contributed by atoms with Crippen LogP contribution in [-0.2, 0) is 11.3 Å². The van der Waals surface area contributed by atoms with Crippen LogP contribution in [0.2, 0.25) is 0 Å². The van der Waals surface area contributed by atoms with Crippen LogP contribution < -0.4 is 5.56 Å². The van der Waals surface area contributed by atoms with Crippen LogP contribution in [0.4, 0.5) is 0 Å². The van der Waals surface area contributed by atoms with Gasteiger partial charge < -0.3 is 9.72 Å². The minimum Gasteiger partial charge on any atom is -0.465 e. The van der Waals surface area contributed by atoms with E-state index in [4.69, 9.17) is 17.0 Å². The summed E-state index contributed by atoms with van der Waals surface area (Å²) in [6.07, 6.45) is 2.21. The van der Waals surface area contributed by atoms with Crippen LogP contribution in [0.5, 0.6) is 0 Å². The van der Waals surface area contributed by atoms with Gasteiger partial charge in [0.05, 0.1) is 18.1 Å². The molecule has 1 N–H and O–H groups in total. The fourth-order valence-electron chi connectivity index (χ4n) is 2.37. The molecule has 7 heteroatoms. The van der Waals surface area contributed by atoms with Gasteiger partial charge in [-0.15, -0.1) is 0 Å². The number of aromatic amines is 1. The Morgan fingerprint density at radius 3 is 2.90 bits per heavy atom. The van der Waals surface area contributed by atoms with Crippen LogP contribution in [0.3, 0.4) is 0 Å². The maximum Gasteiger partial charge on any atom is 0.338 e. The number of H-pyrrole nitrogens is 1. The number of esters is 1. The maximum atomic E-state index is 12.7. The molecular formula is C14H15N3O3S. The van der Waals surface area contributed by atoms with Gasteiger partial charge in [0.2, 0.25) is 0 Å². The number of methoxy groups -OCH3 is 1. The second-order valence-electron chi connectivity index (χ2n) is 5.32. The first-order chi connectivity index (χ1) is 10.0. The summed E-state index contributed by atoms with van der Waals surface area (Å²) in [6, 6.07) is 1.56. The zero-order valence-corrected chi connectivity index (χ0v) is 12.6. The molecule has 0 radical (unpaired) electrons. The number of carbonyl (C=O) groups excluding carboxylic acids is 1. The van der Waals surface area contributed by atoms with Crippen molar-refractivity contribution in [1.82, 2.24) is 14.5 Å². The van der Waals surface area contributed by atoms with Gasteiger partial charge in [-0.05, 0) is 44.0 Å². The Morgan fingerprint density at radius 2 is 2.29 bits per heavy atom. The molecule has 0 aromatic carbocycles. The number of fused-ring (bicyclic) bond motifs is 1. The number of pyridine rings is 1. The predicted octanol–water partition coefficient (Wildman–Crippen LogP) is 1.96. The van der Waals surface area contributed by atoms with Crippen LogP contribution in [0, 0.1) is 17.6 Å². The molecule has 0 aliphatic heterocycles. The second-order valence-corrected chi connectivity index (χ2v) is 5.70. The van der Waals surface area contributed by atoms with Gasteiger partial charge >= 0.3 is 5.97 Å². The number of ether oxygens (including phenoxy) is 1. The summed E-state index contributed by atoms with van der Waals surface area (Å²) in [6.45, 7) is 2.33. The van der Waals surface area contributed by atoms with Gasteiger partial charge in [0.1, 0.15) is 5.65 Å². The number of nitrogens with zero attached hydrogens (tertiary/aromatic N) is 2. The molecule has 0 atom stereocenters. The first-order valence-electron chi connectivity index (χ1n) is 6.74. The smallest absolute Gasteiger partial charge is 0.338 e. The van der Waals surface area contributed by atoms with E-state index in [-0.39, 0.29) is 16.5 Å². The number of hydrogen-bond donors (Lipinski definition) is 1. The van der Waals surface area contributed by atoms with Crippen LogP contribution >= 0.6 is 12.2 Å². The third-order valence-electron chi connectivity index (χ3n) is 3.62. The standard InChI is InChI=1S/C14H15N3O3S/c1-7-5-9(13(19)20-2)10-11(15-7)16-14(21)17(12(10)18)6-8-3-4-8/h5,8H,3-4,6H2,1-2H3,(H,15,16,21). The van der Waals surface area contributed by atoms with E-state index >= 15 is 0 Å². The van der Waals surface area contributed by atoms with Crippen molar-refractivity contribution in [2.45, 2.75) is 26.3 Å². The van der Waals surface area contributed by atoms with Crippen molar-refractivity contribution in [2.24, 2.45) is 5.92 Å². The SMILES string of the molecule is COC(=O)c1cc(C)nc2[nH]c(=S)n(CC3CC3)c(=O)c12.